The van der Waals surface area contributed by atoms with Crippen molar-refractivity contribution in [2.75, 3.05) is 31.2 Å². The van der Waals surface area contributed by atoms with Crippen LogP contribution in [0, 0.1) is 5.82 Å². The number of carboxylic acids is 1. The number of sulfonamides is 1. The molecule has 0 radical (unpaired) electrons. The van der Waals surface area contributed by atoms with Crippen LogP contribution in [0.1, 0.15) is 54.9 Å². The number of nitrogens with one attached hydrogen (secondary N) is 2. The lowest BCUT2D eigenvalue weighted by molar-refractivity contribution is -0.135. The molecule has 2 heterocycles. The molecule has 4 rings (SSSR count). The number of carbonyl (C=O) groups is 2. The van der Waals surface area contributed by atoms with Crippen molar-refractivity contribution in [3.63, 3.8) is 0 Å². The Hall–Kier alpha value is -2.99. The fraction of sp³-hybridized carbons (Fsp3) is 0.522. The predicted molar refractivity (Wildman–Crippen MR) is 129 cm³/mol. The molecule has 0 bridgehead atoms. The van der Waals surface area contributed by atoms with Gasteiger partial charge in [-0.05, 0) is 31.4 Å². The van der Waals surface area contributed by atoms with E-state index in [-0.39, 0.29) is 35.8 Å². The Labute approximate surface area is 202 Å². The van der Waals surface area contributed by atoms with Crippen LogP contribution < -0.4 is 16.1 Å². The molecule has 3 N–H and O–H groups in total. The second kappa shape index (κ2) is 9.94. The van der Waals surface area contributed by atoms with Gasteiger partial charge in [-0.15, -0.1) is 0 Å². The maximum Gasteiger partial charge on any atom is 0.322 e. The van der Waals surface area contributed by atoms with Crippen molar-refractivity contribution in [3.05, 3.63) is 39.9 Å². The van der Waals surface area contributed by atoms with E-state index >= 15 is 4.39 Å². The van der Waals surface area contributed by atoms with Gasteiger partial charge in [0.25, 0.3) is 5.91 Å². The molecule has 2 fully saturated rings. The number of hydrogen-bond donors (Lipinski definition) is 3. The van der Waals surface area contributed by atoms with E-state index in [0.717, 1.165) is 44.4 Å². The number of carbonyl (C=O) groups excluding carboxylic acids is 1. The second-order valence-corrected chi connectivity index (χ2v) is 11.2. The lowest BCUT2D eigenvalue weighted by atomic mass is 9.95. The molecule has 1 aliphatic heterocycles. The summed E-state index contributed by atoms with van der Waals surface area (Å²) < 4.78 is 42.2. The monoisotopic (exact) mass is 508 g/mol. The van der Waals surface area contributed by atoms with Crippen molar-refractivity contribution in [2.24, 2.45) is 0 Å². The Morgan fingerprint density at radius 2 is 1.89 bits per heavy atom. The molecule has 1 saturated heterocycles. The normalized spacial score (nSPS) is 19.7. The van der Waals surface area contributed by atoms with Crippen molar-refractivity contribution in [2.45, 2.75) is 50.6 Å². The van der Waals surface area contributed by atoms with Crippen LogP contribution in [0.5, 0.6) is 0 Å². The highest BCUT2D eigenvalue weighted by atomic mass is 32.2. The third kappa shape index (κ3) is 5.48. The molecule has 10 nitrogen and oxygen atoms in total. The Kier molecular flexibility index (Phi) is 7.13. The zero-order valence-corrected chi connectivity index (χ0v) is 20.2. The van der Waals surface area contributed by atoms with Gasteiger partial charge in [-0.3, -0.25) is 14.4 Å². The Morgan fingerprint density at radius 3 is 2.51 bits per heavy atom. The van der Waals surface area contributed by atoms with E-state index in [2.05, 4.69) is 10.6 Å². The summed E-state index contributed by atoms with van der Waals surface area (Å²) in [4.78, 5) is 36.6. The van der Waals surface area contributed by atoms with Gasteiger partial charge in [0.2, 0.25) is 15.5 Å². The summed E-state index contributed by atoms with van der Waals surface area (Å²) in [6, 6.07) is 2.36. The van der Waals surface area contributed by atoms with Crippen molar-refractivity contribution >= 4 is 38.5 Å². The number of nitrogens with zero attached hydrogens (tertiary/aromatic N) is 2. The first-order valence-corrected chi connectivity index (χ1v) is 13.5. The maximum absolute atomic E-state index is 15.1. The SMILES string of the molecule is CS(=O)(=O)N1CCC(n2cc(C(=O)NCC(=O)O)c(=O)c3cc(F)c(NC4CCCCC4)cc32)C1. The summed E-state index contributed by atoms with van der Waals surface area (Å²) in [5, 5.41) is 14.2. The first kappa shape index (κ1) is 25.1. The van der Waals surface area contributed by atoms with Gasteiger partial charge in [-0.25, -0.2) is 17.1 Å². The third-order valence-corrected chi connectivity index (χ3v) is 7.99. The summed E-state index contributed by atoms with van der Waals surface area (Å²) in [5.74, 6) is -2.79. The average Bonchev–Trinajstić information content (AvgIpc) is 3.30. The fourth-order valence-corrected chi connectivity index (χ4v) is 5.78. The number of halogens is 1. The minimum atomic E-state index is -3.44. The van der Waals surface area contributed by atoms with Gasteiger partial charge in [0.05, 0.1) is 17.5 Å². The maximum atomic E-state index is 15.1. The van der Waals surface area contributed by atoms with Crippen LogP contribution in [0.3, 0.4) is 0 Å². The number of aromatic nitrogens is 1. The number of amides is 1. The van der Waals surface area contributed by atoms with Gasteiger partial charge in [-0.2, -0.15) is 0 Å². The van der Waals surface area contributed by atoms with Crippen LogP contribution in [0.4, 0.5) is 10.1 Å². The van der Waals surface area contributed by atoms with Gasteiger partial charge in [0, 0.05) is 36.8 Å². The van der Waals surface area contributed by atoms with E-state index in [1.807, 2.05) is 0 Å². The van der Waals surface area contributed by atoms with Crippen molar-refractivity contribution < 1.29 is 27.5 Å². The number of carboxylic acid groups (broad SMARTS) is 1. The van der Waals surface area contributed by atoms with Crippen molar-refractivity contribution in [3.8, 4) is 0 Å². The van der Waals surface area contributed by atoms with E-state index in [1.165, 1.54) is 10.5 Å². The highest BCUT2D eigenvalue weighted by Gasteiger charge is 2.31. The Balaban J connectivity index is 1.81. The number of aliphatic carboxylic acids is 1. The molecule has 1 atom stereocenters. The molecule has 1 saturated carbocycles. The number of hydrogen-bond acceptors (Lipinski definition) is 6. The topological polar surface area (TPSA) is 138 Å². The zero-order chi connectivity index (χ0) is 25.3. The van der Waals surface area contributed by atoms with Crippen LogP contribution in [0.2, 0.25) is 0 Å². The molecule has 1 aliphatic carbocycles. The molecule has 2 aromatic rings. The van der Waals surface area contributed by atoms with Gasteiger partial charge < -0.3 is 20.3 Å². The van der Waals surface area contributed by atoms with Crippen LogP contribution in [-0.2, 0) is 14.8 Å². The molecule has 12 heteroatoms. The lowest BCUT2D eigenvalue weighted by Gasteiger charge is -2.25. The molecule has 190 valence electrons. The molecule has 0 spiro atoms. The van der Waals surface area contributed by atoms with E-state index < -0.39 is 45.7 Å². The fourth-order valence-electron chi connectivity index (χ4n) is 4.90. The molecule has 2 aliphatic rings. The number of benzene rings is 1. The first-order valence-electron chi connectivity index (χ1n) is 11.6. The Morgan fingerprint density at radius 1 is 1.17 bits per heavy atom. The van der Waals surface area contributed by atoms with Crippen LogP contribution in [0.15, 0.2) is 23.1 Å². The minimum Gasteiger partial charge on any atom is -0.480 e. The molecular formula is C23H29FN4O6S. The standard InChI is InChI=1S/C23H29FN4O6S/c1-35(33,34)27-8-7-15(12-27)28-13-17(23(32)25-11-21(29)30)22(31)16-9-18(24)19(10-20(16)28)26-14-5-3-2-4-6-14/h9-10,13-15,26H,2-8,11-12H2,1H3,(H,25,32)(H,29,30). The molecule has 35 heavy (non-hydrogen) atoms. The summed E-state index contributed by atoms with van der Waals surface area (Å²) in [7, 11) is -3.44. The number of fused-ring (bicyclic) bond motifs is 1. The molecule has 1 aromatic carbocycles. The summed E-state index contributed by atoms with van der Waals surface area (Å²) in [6.07, 6.45) is 7.95. The van der Waals surface area contributed by atoms with Crippen molar-refractivity contribution in [1.29, 1.82) is 0 Å². The van der Waals surface area contributed by atoms with E-state index in [9.17, 15) is 22.8 Å². The number of anilines is 1. The van der Waals surface area contributed by atoms with Gasteiger partial charge >= 0.3 is 5.97 Å². The van der Waals surface area contributed by atoms with E-state index in [0.29, 0.717) is 11.9 Å². The van der Waals surface area contributed by atoms with E-state index in [4.69, 9.17) is 5.11 Å². The summed E-state index contributed by atoms with van der Waals surface area (Å²) >= 11 is 0. The molecule has 1 amide bonds. The smallest absolute Gasteiger partial charge is 0.322 e. The molecule has 1 unspecified atom stereocenters. The number of pyridine rings is 1. The minimum absolute atomic E-state index is 0.0301. The van der Waals surface area contributed by atoms with E-state index in [1.54, 1.807) is 10.6 Å². The second-order valence-electron chi connectivity index (χ2n) is 9.25. The van der Waals surface area contributed by atoms with Gasteiger partial charge in [0.1, 0.15) is 17.9 Å². The van der Waals surface area contributed by atoms with Crippen LogP contribution in [0.25, 0.3) is 10.9 Å². The highest BCUT2D eigenvalue weighted by Crippen LogP contribution is 2.31. The predicted octanol–water partition coefficient (Wildman–Crippen LogP) is 1.91. The van der Waals surface area contributed by atoms with Gasteiger partial charge in [0.15, 0.2) is 0 Å². The molecular weight excluding hydrogens is 479 g/mol. The number of rotatable bonds is 7. The zero-order valence-electron chi connectivity index (χ0n) is 19.4. The Bertz CT molecular complexity index is 1320. The highest BCUT2D eigenvalue weighted by molar-refractivity contribution is 7.88. The largest absolute Gasteiger partial charge is 0.480 e. The third-order valence-electron chi connectivity index (χ3n) is 6.72. The first-order chi connectivity index (χ1) is 16.5. The van der Waals surface area contributed by atoms with Crippen LogP contribution >= 0.6 is 0 Å². The lowest BCUT2D eigenvalue weighted by Crippen LogP contribution is -2.34. The van der Waals surface area contributed by atoms with Crippen molar-refractivity contribution in [1.82, 2.24) is 14.2 Å². The summed E-state index contributed by atoms with van der Waals surface area (Å²) in [5.41, 5.74) is -0.424. The summed E-state index contributed by atoms with van der Waals surface area (Å²) in [6.45, 7) is -0.276. The average molecular weight is 509 g/mol. The molecule has 1 aromatic heterocycles. The van der Waals surface area contributed by atoms with Crippen LogP contribution in [-0.4, -0.2) is 66.2 Å². The quantitative estimate of drug-likeness (QED) is 0.519. The van der Waals surface area contributed by atoms with Gasteiger partial charge in [-0.1, -0.05) is 19.3 Å².